The molecule has 0 aliphatic carbocycles. The number of nitrogens with one attached hydrogen (secondary N) is 1. The van der Waals surface area contributed by atoms with Crippen LogP contribution in [0.4, 0.5) is 4.79 Å². The van der Waals surface area contributed by atoms with E-state index in [9.17, 15) is 4.79 Å². The molecule has 24 heavy (non-hydrogen) atoms. The smallest absolute Gasteiger partial charge is 0.318 e. The number of aryl methyl sites for hydroxylation is 1. The third kappa shape index (κ3) is 2.77. The molecule has 1 saturated heterocycles. The molecular weight excluding hydrogens is 310 g/mol. The van der Waals surface area contributed by atoms with Crippen molar-refractivity contribution in [1.82, 2.24) is 15.4 Å². The van der Waals surface area contributed by atoms with E-state index in [4.69, 9.17) is 14.0 Å². The predicted octanol–water partition coefficient (Wildman–Crippen LogP) is 2.76. The van der Waals surface area contributed by atoms with Gasteiger partial charge in [-0.2, -0.15) is 0 Å². The number of aromatic nitrogens is 1. The summed E-state index contributed by atoms with van der Waals surface area (Å²) in [5, 5.41) is 7.03. The second-order valence-corrected chi connectivity index (χ2v) is 6.06. The summed E-state index contributed by atoms with van der Waals surface area (Å²) in [5.74, 6) is 2.22. The maximum absolute atomic E-state index is 12.5. The second-order valence-electron chi connectivity index (χ2n) is 6.06. The molecule has 3 heterocycles. The van der Waals surface area contributed by atoms with Crippen molar-refractivity contribution in [1.29, 1.82) is 0 Å². The van der Waals surface area contributed by atoms with E-state index in [0.717, 1.165) is 47.9 Å². The van der Waals surface area contributed by atoms with Crippen LogP contribution in [-0.4, -0.2) is 29.4 Å². The van der Waals surface area contributed by atoms with Crippen LogP contribution in [0.1, 0.15) is 35.9 Å². The molecule has 0 bridgehead atoms. The molecule has 7 nitrogen and oxygen atoms in total. The van der Waals surface area contributed by atoms with E-state index in [1.807, 2.05) is 36.1 Å². The Morgan fingerprint density at radius 2 is 2.21 bits per heavy atom. The molecule has 1 aromatic carbocycles. The Bertz CT molecular complexity index is 758. The standard InChI is InChI=1S/C17H19N3O4/c1-11-7-13(19-24-11)14-3-2-6-20(14)17(21)18-9-12-4-5-15-16(8-12)23-10-22-15/h4-5,7-8,14H,2-3,6,9-10H2,1H3,(H,18,21)/t14-/m1/s1. The zero-order chi connectivity index (χ0) is 16.5. The maximum atomic E-state index is 12.5. The van der Waals surface area contributed by atoms with Gasteiger partial charge < -0.3 is 24.2 Å². The van der Waals surface area contributed by atoms with Crippen LogP contribution in [0.25, 0.3) is 0 Å². The number of nitrogens with zero attached hydrogens (tertiary/aromatic N) is 2. The van der Waals surface area contributed by atoms with Gasteiger partial charge in [-0.15, -0.1) is 0 Å². The van der Waals surface area contributed by atoms with Crippen molar-refractivity contribution >= 4 is 6.03 Å². The summed E-state index contributed by atoms with van der Waals surface area (Å²) in [6, 6.07) is 7.48. The summed E-state index contributed by atoms with van der Waals surface area (Å²) in [4.78, 5) is 14.4. The zero-order valence-electron chi connectivity index (χ0n) is 13.4. The van der Waals surface area contributed by atoms with E-state index >= 15 is 0 Å². The van der Waals surface area contributed by atoms with Gasteiger partial charge in [-0.25, -0.2) is 4.79 Å². The largest absolute Gasteiger partial charge is 0.454 e. The van der Waals surface area contributed by atoms with Crippen LogP contribution in [0.15, 0.2) is 28.8 Å². The Morgan fingerprint density at radius 1 is 1.33 bits per heavy atom. The highest BCUT2D eigenvalue weighted by atomic mass is 16.7. The summed E-state index contributed by atoms with van der Waals surface area (Å²) >= 11 is 0. The van der Waals surface area contributed by atoms with Crippen molar-refractivity contribution in [2.45, 2.75) is 32.4 Å². The van der Waals surface area contributed by atoms with Crippen LogP contribution < -0.4 is 14.8 Å². The normalized spacial score (nSPS) is 18.9. The molecule has 1 N–H and O–H groups in total. The van der Waals surface area contributed by atoms with E-state index in [1.165, 1.54) is 0 Å². The monoisotopic (exact) mass is 329 g/mol. The van der Waals surface area contributed by atoms with Crippen LogP contribution in [0, 0.1) is 6.92 Å². The van der Waals surface area contributed by atoms with Gasteiger partial charge in [0.2, 0.25) is 6.79 Å². The van der Waals surface area contributed by atoms with Gasteiger partial charge in [0.05, 0.1) is 6.04 Å². The fourth-order valence-corrected chi connectivity index (χ4v) is 3.19. The van der Waals surface area contributed by atoms with E-state index in [-0.39, 0.29) is 18.9 Å². The van der Waals surface area contributed by atoms with Crippen molar-refractivity contribution < 1.29 is 18.8 Å². The molecule has 126 valence electrons. The number of fused-ring (bicyclic) bond motifs is 1. The molecule has 2 aliphatic heterocycles. The lowest BCUT2D eigenvalue weighted by atomic mass is 10.1. The summed E-state index contributed by atoms with van der Waals surface area (Å²) in [6.07, 6.45) is 1.87. The van der Waals surface area contributed by atoms with E-state index < -0.39 is 0 Å². The highest BCUT2D eigenvalue weighted by Gasteiger charge is 2.32. The average molecular weight is 329 g/mol. The minimum absolute atomic E-state index is 0.0146. The molecule has 0 spiro atoms. The first-order valence-electron chi connectivity index (χ1n) is 8.07. The van der Waals surface area contributed by atoms with Crippen molar-refractivity contribution in [2.24, 2.45) is 0 Å². The van der Waals surface area contributed by atoms with Crippen molar-refractivity contribution in [3.8, 4) is 11.5 Å². The Hall–Kier alpha value is -2.70. The molecule has 7 heteroatoms. The summed E-state index contributed by atoms with van der Waals surface area (Å²) in [7, 11) is 0. The fourth-order valence-electron chi connectivity index (χ4n) is 3.19. The topological polar surface area (TPSA) is 76.8 Å². The minimum atomic E-state index is -0.0872. The highest BCUT2D eigenvalue weighted by Crippen LogP contribution is 2.33. The van der Waals surface area contributed by atoms with Crippen LogP contribution in [0.5, 0.6) is 11.5 Å². The molecule has 0 radical (unpaired) electrons. The molecule has 2 amide bonds. The second kappa shape index (κ2) is 6.07. The van der Waals surface area contributed by atoms with Crippen LogP contribution >= 0.6 is 0 Å². The molecule has 2 aromatic rings. The molecule has 1 atom stereocenters. The van der Waals surface area contributed by atoms with Crippen molar-refractivity contribution in [2.75, 3.05) is 13.3 Å². The number of urea groups is 1. The van der Waals surface area contributed by atoms with Crippen LogP contribution in [0.3, 0.4) is 0 Å². The molecule has 4 rings (SSSR count). The van der Waals surface area contributed by atoms with Gasteiger partial charge in [-0.3, -0.25) is 0 Å². The lowest BCUT2D eigenvalue weighted by Crippen LogP contribution is -2.39. The number of benzene rings is 1. The van der Waals surface area contributed by atoms with Gasteiger partial charge in [0.25, 0.3) is 0 Å². The Labute approximate surface area is 139 Å². The minimum Gasteiger partial charge on any atom is -0.454 e. The number of hydrogen-bond donors (Lipinski definition) is 1. The average Bonchev–Trinajstić information content (AvgIpc) is 3.31. The first-order valence-corrected chi connectivity index (χ1v) is 8.07. The quantitative estimate of drug-likeness (QED) is 0.937. The number of rotatable bonds is 3. The lowest BCUT2D eigenvalue weighted by Gasteiger charge is -2.23. The molecule has 1 aromatic heterocycles. The first-order chi connectivity index (χ1) is 11.7. The first kappa shape index (κ1) is 14.9. The Balaban J connectivity index is 1.40. The number of ether oxygens (including phenoxy) is 2. The highest BCUT2D eigenvalue weighted by molar-refractivity contribution is 5.75. The summed E-state index contributed by atoms with van der Waals surface area (Å²) in [6.45, 7) is 3.27. The van der Waals surface area contributed by atoms with Gasteiger partial charge >= 0.3 is 6.03 Å². The van der Waals surface area contributed by atoms with E-state index in [2.05, 4.69) is 10.5 Å². The van der Waals surface area contributed by atoms with Gasteiger partial charge in [0.1, 0.15) is 11.5 Å². The Morgan fingerprint density at radius 3 is 3.04 bits per heavy atom. The van der Waals surface area contributed by atoms with E-state index in [1.54, 1.807) is 0 Å². The molecule has 2 aliphatic rings. The number of likely N-dealkylation sites (tertiary alicyclic amines) is 1. The maximum Gasteiger partial charge on any atom is 0.318 e. The molecule has 0 saturated carbocycles. The lowest BCUT2D eigenvalue weighted by molar-refractivity contribution is 0.174. The van der Waals surface area contributed by atoms with E-state index in [0.29, 0.717) is 6.54 Å². The molecule has 0 unspecified atom stereocenters. The predicted molar refractivity (Wildman–Crippen MR) is 84.7 cm³/mol. The molecule has 1 fully saturated rings. The SMILES string of the molecule is Cc1cc([C@H]2CCCN2C(=O)NCc2ccc3c(c2)OCO3)no1. The third-order valence-electron chi connectivity index (χ3n) is 4.38. The summed E-state index contributed by atoms with van der Waals surface area (Å²) < 4.78 is 15.8. The summed E-state index contributed by atoms with van der Waals surface area (Å²) in [5.41, 5.74) is 1.80. The number of carbonyl (C=O) groups excluding carboxylic acids is 1. The molecular formula is C17H19N3O4. The van der Waals surface area contributed by atoms with Gasteiger partial charge in [0, 0.05) is 19.2 Å². The van der Waals surface area contributed by atoms with Gasteiger partial charge in [-0.1, -0.05) is 11.2 Å². The van der Waals surface area contributed by atoms with Crippen LogP contribution in [0.2, 0.25) is 0 Å². The van der Waals surface area contributed by atoms with Crippen molar-refractivity contribution in [3.05, 3.63) is 41.3 Å². The number of carbonyl (C=O) groups is 1. The zero-order valence-corrected chi connectivity index (χ0v) is 13.4. The third-order valence-corrected chi connectivity index (χ3v) is 4.38. The van der Waals surface area contributed by atoms with Crippen LogP contribution in [-0.2, 0) is 6.54 Å². The van der Waals surface area contributed by atoms with Gasteiger partial charge in [-0.05, 0) is 37.5 Å². The Kier molecular flexibility index (Phi) is 3.76. The number of hydrogen-bond acceptors (Lipinski definition) is 5. The number of amides is 2. The van der Waals surface area contributed by atoms with Gasteiger partial charge in [0.15, 0.2) is 11.5 Å². The van der Waals surface area contributed by atoms with Crippen molar-refractivity contribution in [3.63, 3.8) is 0 Å². The fraction of sp³-hybridized carbons (Fsp3) is 0.412.